The summed E-state index contributed by atoms with van der Waals surface area (Å²) in [4.78, 5) is 19.7. The van der Waals surface area contributed by atoms with Gasteiger partial charge in [-0.3, -0.25) is 9.36 Å². The summed E-state index contributed by atoms with van der Waals surface area (Å²) in [6.07, 6.45) is 5.89. The van der Waals surface area contributed by atoms with Crippen LogP contribution in [0.25, 0.3) is 5.69 Å². The minimum atomic E-state index is 0.00795. The minimum Gasteiger partial charge on any atom is -0.341 e. The molecular formula is C16H17N5OS. The molecule has 0 aliphatic carbocycles. The van der Waals surface area contributed by atoms with Crippen LogP contribution in [0.2, 0.25) is 0 Å². The molecule has 0 radical (unpaired) electrons. The molecule has 0 saturated carbocycles. The number of carbonyl (C=O) groups excluding carboxylic acids is 1. The summed E-state index contributed by atoms with van der Waals surface area (Å²) in [5.41, 5.74) is 1.59. The fraction of sp³-hybridized carbons (Fsp3) is 0.250. The molecule has 0 aliphatic rings. The molecule has 0 bridgehead atoms. The largest absolute Gasteiger partial charge is 0.341 e. The first-order valence-corrected chi connectivity index (χ1v) is 8.07. The van der Waals surface area contributed by atoms with E-state index in [2.05, 4.69) is 15.2 Å². The topological polar surface area (TPSA) is 63.9 Å². The van der Waals surface area contributed by atoms with Gasteiger partial charge in [-0.05, 0) is 31.2 Å². The first kappa shape index (κ1) is 15.4. The molecule has 0 aliphatic heterocycles. The summed E-state index contributed by atoms with van der Waals surface area (Å²) in [6.45, 7) is 2.69. The van der Waals surface area contributed by atoms with E-state index in [1.54, 1.807) is 33.5 Å². The molecule has 0 N–H and O–H groups in total. The molecule has 0 saturated heterocycles. The second kappa shape index (κ2) is 6.70. The summed E-state index contributed by atoms with van der Waals surface area (Å²) >= 11 is 1.67. The van der Waals surface area contributed by atoms with Gasteiger partial charge in [0, 0.05) is 42.3 Å². The Morgan fingerprint density at radius 2 is 1.91 bits per heavy atom. The number of aryl methyl sites for hydroxylation is 1. The molecule has 0 fully saturated rings. The van der Waals surface area contributed by atoms with Gasteiger partial charge in [-0.2, -0.15) is 0 Å². The number of likely N-dealkylation sites (N-methyl/N-ethyl adjacent to an activating group) is 1. The number of amides is 1. The second-order valence-electron chi connectivity index (χ2n) is 5.26. The highest BCUT2D eigenvalue weighted by Gasteiger charge is 2.12. The van der Waals surface area contributed by atoms with Crippen LogP contribution in [0.1, 0.15) is 20.2 Å². The third kappa shape index (κ3) is 3.62. The molecule has 6 nitrogen and oxygen atoms in total. The Morgan fingerprint density at radius 1 is 1.22 bits per heavy atom. The molecule has 1 aromatic carbocycles. The van der Waals surface area contributed by atoms with Crippen molar-refractivity contribution in [2.24, 2.45) is 0 Å². The number of carbonyl (C=O) groups is 1. The maximum Gasteiger partial charge on any atom is 0.253 e. The van der Waals surface area contributed by atoms with Crippen molar-refractivity contribution in [1.82, 2.24) is 24.6 Å². The fourth-order valence-electron chi connectivity index (χ4n) is 2.21. The van der Waals surface area contributed by atoms with E-state index in [1.165, 1.54) is 4.88 Å². The van der Waals surface area contributed by atoms with E-state index in [1.807, 2.05) is 44.4 Å². The van der Waals surface area contributed by atoms with Gasteiger partial charge in [0.25, 0.3) is 5.91 Å². The molecule has 3 aromatic rings. The van der Waals surface area contributed by atoms with Crippen LogP contribution in [0, 0.1) is 6.92 Å². The molecule has 1 amide bonds. The third-order valence-corrected chi connectivity index (χ3v) is 4.48. The quantitative estimate of drug-likeness (QED) is 0.721. The third-order valence-electron chi connectivity index (χ3n) is 3.51. The molecule has 0 spiro atoms. The highest BCUT2D eigenvalue weighted by atomic mass is 32.1. The zero-order valence-corrected chi connectivity index (χ0v) is 13.8. The van der Waals surface area contributed by atoms with Crippen molar-refractivity contribution in [1.29, 1.82) is 0 Å². The lowest BCUT2D eigenvalue weighted by molar-refractivity contribution is 0.0796. The van der Waals surface area contributed by atoms with Crippen molar-refractivity contribution in [3.05, 3.63) is 58.6 Å². The van der Waals surface area contributed by atoms with Crippen LogP contribution in [0.4, 0.5) is 0 Å². The van der Waals surface area contributed by atoms with Crippen molar-refractivity contribution in [3.8, 4) is 5.69 Å². The van der Waals surface area contributed by atoms with Crippen LogP contribution in [-0.4, -0.2) is 44.1 Å². The molecule has 0 atom stereocenters. The summed E-state index contributed by atoms with van der Waals surface area (Å²) in [5.74, 6) is 0.00795. The lowest BCUT2D eigenvalue weighted by atomic mass is 10.2. The second-order valence-corrected chi connectivity index (χ2v) is 6.58. The van der Waals surface area contributed by atoms with Crippen molar-refractivity contribution in [2.75, 3.05) is 13.6 Å². The monoisotopic (exact) mass is 327 g/mol. The number of hydrogen-bond donors (Lipinski definition) is 0. The zero-order chi connectivity index (χ0) is 16.2. The Bertz CT molecular complexity index is 779. The van der Waals surface area contributed by atoms with Gasteiger partial charge in [0.05, 0.1) is 5.01 Å². The number of benzene rings is 1. The Hall–Kier alpha value is -2.54. The van der Waals surface area contributed by atoms with E-state index in [4.69, 9.17) is 0 Å². The summed E-state index contributed by atoms with van der Waals surface area (Å²) in [6, 6.07) is 7.41. The average Bonchev–Trinajstić information content (AvgIpc) is 3.24. The fourth-order valence-corrected chi connectivity index (χ4v) is 2.99. The molecule has 2 heterocycles. The van der Waals surface area contributed by atoms with Crippen LogP contribution in [0.15, 0.2) is 43.1 Å². The highest BCUT2D eigenvalue weighted by Crippen LogP contribution is 2.13. The lowest BCUT2D eigenvalue weighted by Crippen LogP contribution is -2.28. The lowest BCUT2D eigenvalue weighted by Gasteiger charge is -2.16. The molecule has 7 heteroatoms. The maximum absolute atomic E-state index is 12.4. The van der Waals surface area contributed by atoms with Crippen LogP contribution in [0.3, 0.4) is 0 Å². The van der Waals surface area contributed by atoms with E-state index in [-0.39, 0.29) is 5.91 Å². The highest BCUT2D eigenvalue weighted by molar-refractivity contribution is 7.11. The molecule has 0 unspecified atom stereocenters. The molecule has 23 heavy (non-hydrogen) atoms. The van der Waals surface area contributed by atoms with Crippen LogP contribution < -0.4 is 0 Å². The average molecular weight is 327 g/mol. The summed E-state index contributed by atoms with van der Waals surface area (Å²) in [5, 5.41) is 8.60. The van der Waals surface area contributed by atoms with Gasteiger partial charge in [-0.25, -0.2) is 4.98 Å². The van der Waals surface area contributed by atoms with E-state index < -0.39 is 0 Å². The summed E-state index contributed by atoms with van der Waals surface area (Å²) < 4.78 is 1.79. The zero-order valence-electron chi connectivity index (χ0n) is 13.0. The summed E-state index contributed by atoms with van der Waals surface area (Å²) in [7, 11) is 1.82. The predicted molar refractivity (Wildman–Crippen MR) is 88.9 cm³/mol. The maximum atomic E-state index is 12.4. The predicted octanol–water partition coefficient (Wildman–Crippen LogP) is 2.35. The standard InChI is InChI=1S/C16H17N5OS/c1-12-9-17-15(23-12)7-8-20(2)16(22)13-3-5-14(6-4-13)21-10-18-19-11-21/h3-6,9-11H,7-8H2,1-2H3. The first-order valence-electron chi connectivity index (χ1n) is 7.25. The van der Waals surface area contributed by atoms with Gasteiger partial charge < -0.3 is 4.90 Å². The van der Waals surface area contributed by atoms with Gasteiger partial charge >= 0.3 is 0 Å². The van der Waals surface area contributed by atoms with Gasteiger partial charge in [0.15, 0.2) is 0 Å². The Balaban J connectivity index is 1.62. The van der Waals surface area contributed by atoms with Crippen LogP contribution in [-0.2, 0) is 6.42 Å². The number of aromatic nitrogens is 4. The van der Waals surface area contributed by atoms with Crippen molar-refractivity contribution < 1.29 is 4.79 Å². The number of rotatable bonds is 5. The normalized spacial score (nSPS) is 10.7. The molecule has 3 rings (SSSR count). The van der Waals surface area contributed by atoms with Gasteiger partial charge in [0.2, 0.25) is 0 Å². The number of hydrogen-bond acceptors (Lipinski definition) is 5. The van der Waals surface area contributed by atoms with Gasteiger partial charge in [-0.15, -0.1) is 21.5 Å². The van der Waals surface area contributed by atoms with Crippen LogP contribution in [0.5, 0.6) is 0 Å². The van der Waals surface area contributed by atoms with Gasteiger partial charge in [-0.1, -0.05) is 0 Å². The molecule has 118 valence electrons. The Kier molecular flexibility index (Phi) is 4.47. The number of thiazole rings is 1. The Morgan fingerprint density at radius 3 is 2.52 bits per heavy atom. The van der Waals surface area contributed by atoms with E-state index in [0.29, 0.717) is 12.1 Å². The van der Waals surface area contributed by atoms with Crippen molar-refractivity contribution in [3.63, 3.8) is 0 Å². The SMILES string of the molecule is Cc1cnc(CCN(C)C(=O)c2ccc(-n3cnnc3)cc2)s1. The Labute approximate surface area is 138 Å². The minimum absolute atomic E-state index is 0.00795. The molecule has 2 aromatic heterocycles. The van der Waals surface area contributed by atoms with E-state index in [9.17, 15) is 4.79 Å². The molecular weight excluding hydrogens is 310 g/mol. The van der Waals surface area contributed by atoms with E-state index in [0.717, 1.165) is 17.1 Å². The first-order chi connectivity index (χ1) is 11.1. The van der Waals surface area contributed by atoms with Gasteiger partial charge in [0.1, 0.15) is 12.7 Å². The van der Waals surface area contributed by atoms with E-state index >= 15 is 0 Å². The number of nitrogens with zero attached hydrogens (tertiary/aromatic N) is 5. The van der Waals surface area contributed by atoms with Crippen LogP contribution >= 0.6 is 11.3 Å². The van der Waals surface area contributed by atoms with Crippen molar-refractivity contribution >= 4 is 17.2 Å². The van der Waals surface area contributed by atoms with Crippen molar-refractivity contribution in [2.45, 2.75) is 13.3 Å². The smallest absolute Gasteiger partial charge is 0.253 e.